The minimum Gasteiger partial charge on any atom is -0.330 e. The van der Waals surface area contributed by atoms with E-state index in [4.69, 9.17) is 5.73 Å². The van der Waals surface area contributed by atoms with Gasteiger partial charge in [0.05, 0.1) is 0 Å². The van der Waals surface area contributed by atoms with Gasteiger partial charge in [-0.2, -0.15) is 0 Å². The Balaban J connectivity index is 2.63. The molecule has 90 valence electrons. The third-order valence-electron chi connectivity index (χ3n) is 3.09. The molecule has 2 heteroatoms. The summed E-state index contributed by atoms with van der Waals surface area (Å²) in [5.41, 5.74) is 7.24. The zero-order valence-corrected chi connectivity index (χ0v) is 11.8. The van der Waals surface area contributed by atoms with Crippen LogP contribution in [0.2, 0.25) is 0 Å². The van der Waals surface area contributed by atoms with Crippen LogP contribution in [0.25, 0.3) is 0 Å². The Kier molecular flexibility index (Phi) is 6.07. The number of halogens is 1. The fraction of sp³-hybridized carbons (Fsp3) is 0.571. The normalized spacial score (nSPS) is 14.8. The molecule has 0 saturated heterocycles. The Hall–Kier alpha value is -0.340. The molecule has 2 atom stereocenters. The quantitative estimate of drug-likeness (QED) is 0.827. The lowest BCUT2D eigenvalue weighted by Crippen LogP contribution is -2.15. The Morgan fingerprint density at radius 2 is 1.88 bits per heavy atom. The highest BCUT2D eigenvalue weighted by Gasteiger charge is 2.13. The first-order valence-electron chi connectivity index (χ1n) is 6.12. The van der Waals surface area contributed by atoms with Crippen molar-refractivity contribution in [1.82, 2.24) is 0 Å². The average molecular weight is 284 g/mol. The maximum absolute atomic E-state index is 5.88. The largest absolute Gasteiger partial charge is 0.330 e. The van der Waals surface area contributed by atoms with Crippen LogP contribution < -0.4 is 5.73 Å². The maximum Gasteiger partial charge on any atom is 0.0175 e. The highest BCUT2D eigenvalue weighted by atomic mass is 79.9. The molecule has 0 aliphatic rings. The average Bonchev–Trinajstić information content (AvgIpc) is 2.27. The van der Waals surface area contributed by atoms with Crippen LogP contribution in [-0.2, 0) is 0 Å². The summed E-state index contributed by atoms with van der Waals surface area (Å²) in [4.78, 5) is 0. The molecular formula is C14H22BrN. The second-order valence-electron chi connectivity index (χ2n) is 4.61. The van der Waals surface area contributed by atoms with Gasteiger partial charge in [-0.05, 0) is 42.5 Å². The van der Waals surface area contributed by atoms with Crippen LogP contribution >= 0.6 is 15.9 Å². The molecular weight excluding hydrogens is 262 g/mol. The van der Waals surface area contributed by atoms with E-state index in [9.17, 15) is 0 Å². The first-order chi connectivity index (χ1) is 7.67. The van der Waals surface area contributed by atoms with E-state index in [2.05, 4.69) is 54.0 Å². The third kappa shape index (κ3) is 4.26. The van der Waals surface area contributed by atoms with Crippen molar-refractivity contribution in [3.8, 4) is 0 Å². The molecule has 0 bridgehead atoms. The van der Waals surface area contributed by atoms with Crippen molar-refractivity contribution >= 4 is 15.9 Å². The van der Waals surface area contributed by atoms with Crippen molar-refractivity contribution < 1.29 is 0 Å². The van der Waals surface area contributed by atoms with Gasteiger partial charge < -0.3 is 5.73 Å². The summed E-state index contributed by atoms with van der Waals surface area (Å²) in [5, 5.41) is 0. The predicted molar refractivity (Wildman–Crippen MR) is 74.6 cm³/mol. The SMILES string of the molecule is CCCC(C)CC(CN)c1ccc(Br)cc1. The number of rotatable bonds is 6. The Morgan fingerprint density at radius 3 is 2.38 bits per heavy atom. The van der Waals surface area contributed by atoms with Crippen molar-refractivity contribution in [1.29, 1.82) is 0 Å². The zero-order chi connectivity index (χ0) is 12.0. The van der Waals surface area contributed by atoms with Gasteiger partial charge in [0.1, 0.15) is 0 Å². The molecule has 16 heavy (non-hydrogen) atoms. The molecule has 0 heterocycles. The third-order valence-corrected chi connectivity index (χ3v) is 3.62. The zero-order valence-electron chi connectivity index (χ0n) is 10.2. The maximum atomic E-state index is 5.88. The van der Waals surface area contributed by atoms with Gasteiger partial charge in [0.2, 0.25) is 0 Å². The highest BCUT2D eigenvalue weighted by molar-refractivity contribution is 9.10. The first kappa shape index (κ1) is 13.7. The van der Waals surface area contributed by atoms with Crippen LogP contribution in [0, 0.1) is 5.92 Å². The molecule has 0 aliphatic carbocycles. The van der Waals surface area contributed by atoms with Gasteiger partial charge in [0.25, 0.3) is 0 Å². The molecule has 0 spiro atoms. The van der Waals surface area contributed by atoms with Gasteiger partial charge in [0.15, 0.2) is 0 Å². The van der Waals surface area contributed by atoms with Crippen LogP contribution in [-0.4, -0.2) is 6.54 Å². The van der Waals surface area contributed by atoms with E-state index in [-0.39, 0.29) is 0 Å². The van der Waals surface area contributed by atoms with Crippen molar-refractivity contribution in [2.24, 2.45) is 11.7 Å². The number of benzene rings is 1. The van der Waals surface area contributed by atoms with Crippen LogP contribution in [0.5, 0.6) is 0 Å². The molecule has 1 aromatic rings. The second kappa shape index (κ2) is 7.08. The molecule has 2 N–H and O–H groups in total. The Labute approximate surface area is 108 Å². The topological polar surface area (TPSA) is 26.0 Å². The fourth-order valence-corrected chi connectivity index (χ4v) is 2.46. The molecule has 0 aliphatic heterocycles. The summed E-state index contributed by atoms with van der Waals surface area (Å²) in [6.07, 6.45) is 3.76. The van der Waals surface area contributed by atoms with Gasteiger partial charge in [-0.1, -0.05) is 54.8 Å². The lowest BCUT2D eigenvalue weighted by Gasteiger charge is -2.19. The Bertz CT molecular complexity index is 294. The molecule has 0 amide bonds. The number of nitrogens with two attached hydrogens (primary N) is 1. The molecule has 1 nitrogen and oxygen atoms in total. The van der Waals surface area contributed by atoms with E-state index in [1.165, 1.54) is 24.8 Å². The Morgan fingerprint density at radius 1 is 1.25 bits per heavy atom. The van der Waals surface area contributed by atoms with Gasteiger partial charge in [-0.25, -0.2) is 0 Å². The summed E-state index contributed by atoms with van der Waals surface area (Å²) in [7, 11) is 0. The number of hydrogen-bond donors (Lipinski definition) is 1. The standard InChI is InChI=1S/C14H22BrN/c1-3-4-11(2)9-13(10-16)12-5-7-14(15)8-6-12/h5-8,11,13H,3-4,9-10,16H2,1-2H3. The summed E-state index contributed by atoms with van der Waals surface area (Å²) in [6, 6.07) is 8.56. The first-order valence-corrected chi connectivity index (χ1v) is 6.92. The lowest BCUT2D eigenvalue weighted by molar-refractivity contribution is 0.438. The van der Waals surface area contributed by atoms with E-state index >= 15 is 0 Å². The summed E-state index contributed by atoms with van der Waals surface area (Å²) in [6.45, 7) is 5.31. The highest BCUT2D eigenvalue weighted by Crippen LogP contribution is 2.26. The van der Waals surface area contributed by atoms with Crippen molar-refractivity contribution in [3.05, 3.63) is 34.3 Å². The van der Waals surface area contributed by atoms with Crippen molar-refractivity contribution in [2.45, 2.75) is 39.0 Å². The summed E-state index contributed by atoms with van der Waals surface area (Å²) < 4.78 is 1.13. The molecule has 2 unspecified atom stereocenters. The van der Waals surface area contributed by atoms with E-state index in [0.717, 1.165) is 16.9 Å². The molecule has 1 rings (SSSR count). The monoisotopic (exact) mass is 283 g/mol. The smallest absolute Gasteiger partial charge is 0.0175 e. The van der Waals surface area contributed by atoms with Crippen molar-refractivity contribution in [3.63, 3.8) is 0 Å². The minimum absolute atomic E-state index is 0.509. The van der Waals surface area contributed by atoms with Gasteiger partial charge >= 0.3 is 0 Å². The molecule has 0 radical (unpaired) electrons. The van der Waals surface area contributed by atoms with Crippen LogP contribution in [0.15, 0.2) is 28.7 Å². The molecule has 0 fully saturated rings. The molecule has 0 saturated carbocycles. The second-order valence-corrected chi connectivity index (χ2v) is 5.53. The summed E-state index contributed by atoms with van der Waals surface area (Å²) >= 11 is 3.46. The van der Waals surface area contributed by atoms with Crippen LogP contribution in [0.4, 0.5) is 0 Å². The van der Waals surface area contributed by atoms with Crippen LogP contribution in [0.3, 0.4) is 0 Å². The van der Waals surface area contributed by atoms with Crippen LogP contribution in [0.1, 0.15) is 44.6 Å². The molecule has 1 aromatic carbocycles. The van der Waals surface area contributed by atoms with E-state index in [1.807, 2.05) is 0 Å². The van der Waals surface area contributed by atoms with E-state index in [1.54, 1.807) is 0 Å². The number of hydrogen-bond acceptors (Lipinski definition) is 1. The minimum atomic E-state index is 0.509. The molecule has 0 aromatic heterocycles. The van der Waals surface area contributed by atoms with E-state index < -0.39 is 0 Å². The lowest BCUT2D eigenvalue weighted by atomic mass is 9.88. The van der Waals surface area contributed by atoms with E-state index in [0.29, 0.717) is 5.92 Å². The summed E-state index contributed by atoms with van der Waals surface area (Å²) in [5.74, 6) is 1.27. The predicted octanol–water partition coefficient (Wildman–Crippen LogP) is 4.32. The fourth-order valence-electron chi connectivity index (χ4n) is 2.20. The van der Waals surface area contributed by atoms with Gasteiger partial charge in [0, 0.05) is 4.47 Å². The van der Waals surface area contributed by atoms with Gasteiger partial charge in [-0.3, -0.25) is 0 Å². The van der Waals surface area contributed by atoms with Gasteiger partial charge in [-0.15, -0.1) is 0 Å². The van der Waals surface area contributed by atoms with Crippen molar-refractivity contribution in [2.75, 3.05) is 6.54 Å².